The van der Waals surface area contributed by atoms with Gasteiger partial charge < -0.3 is 9.15 Å². The average Bonchev–Trinajstić information content (AvgIpc) is 3.07. The number of carbonyl (C=O) groups excluding carboxylic acids is 1. The van der Waals surface area contributed by atoms with Crippen LogP contribution in [0, 0.1) is 0 Å². The topological polar surface area (TPSA) is 65.2 Å². The Bertz CT molecular complexity index is 590. The Morgan fingerprint density at radius 2 is 2.47 bits per heavy atom. The number of thiophene rings is 1. The van der Waals surface area contributed by atoms with Crippen molar-refractivity contribution >= 4 is 17.3 Å². The van der Waals surface area contributed by atoms with E-state index < -0.39 is 5.97 Å². The first-order valence-electron chi connectivity index (χ1n) is 6.36. The van der Waals surface area contributed by atoms with E-state index in [9.17, 15) is 4.79 Å². The maximum absolute atomic E-state index is 11.5. The van der Waals surface area contributed by atoms with Gasteiger partial charge in [-0.05, 0) is 43.2 Å². The molecule has 0 saturated heterocycles. The number of aryl methyl sites for hydroxylation is 1. The molecule has 1 aliphatic rings. The molecule has 0 radical (unpaired) electrons. The highest BCUT2D eigenvalue weighted by molar-refractivity contribution is 7.10. The summed E-state index contributed by atoms with van der Waals surface area (Å²) in [4.78, 5) is 12.9. The van der Waals surface area contributed by atoms with Crippen LogP contribution in [0.25, 0.3) is 0 Å². The fraction of sp³-hybridized carbons (Fsp3) is 0.462. The van der Waals surface area contributed by atoms with Gasteiger partial charge in [0.2, 0.25) is 5.89 Å². The lowest BCUT2D eigenvalue weighted by Gasteiger charge is -2.18. The highest BCUT2D eigenvalue weighted by atomic mass is 32.1. The highest BCUT2D eigenvalue weighted by Gasteiger charge is 2.28. The van der Waals surface area contributed by atoms with Crippen molar-refractivity contribution in [2.75, 3.05) is 6.61 Å². The van der Waals surface area contributed by atoms with Crippen molar-refractivity contribution in [2.24, 2.45) is 0 Å². The van der Waals surface area contributed by atoms with Gasteiger partial charge in [-0.3, -0.25) is 0 Å². The number of nitrogens with zero attached hydrogens (tertiary/aromatic N) is 2. The molecule has 0 spiro atoms. The van der Waals surface area contributed by atoms with Crippen LogP contribution in [-0.4, -0.2) is 22.8 Å². The van der Waals surface area contributed by atoms with Gasteiger partial charge in [-0.25, -0.2) is 4.79 Å². The molecule has 3 rings (SSSR count). The van der Waals surface area contributed by atoms with Gasteiger partial charge in [0.25, 0.3) is 0 Å². The lowest BCUT2D eigenvalue weighted by molar-refractivity contribution is 0.0478. The second-order valence-corrected chi connectivity index (χ2v) is 5.41. The largest absolute Gasteiger partial charge is 0.459 e. The zero-order valence-corrected chi connectivity index (χ0v) is 11.4. The Morgan fingerprint density at radius 1 is 1.58 bits per heavy atom. The van der Waals surface area contributed by atoms with Gasteiger partial charge in [0, 0.05) is 4.88 Å². The molecule has 0 saturated carbocycles. The van der Waals surface area contributed by atoms with Crippen molar-refractivity contribution in [3.63, 3.8) is 0 Å². The molecule has 2 aromatic heterocycles. The summed E-state index contributed by atoms with van der Waals surface area (Å²) in [6.07, 6.45) is 3.20. The lowest BCUT2D eigenvalue weighted by Crippen LogP contribution is -2.08. The number of carbonyl (C=O) groups is 1. The molecule has 19 heavy (non-hydrogen) atoms. The molecular weight excluding hydrogens is 264 g/mol. The van der Waals surface area contributed by atoms with Crippen molar-refractivity contribution < 1.29 is 13.9 Å². The third-order valence-electron chi connectivity index (χ3n) is 3.24. The maximum atomic E-state index is 11.5. The van der Waals surface area contributed by atoms with Crippen LogP contribution >= 0.6 is 11.3 Å². The maximum Gasteiger partial charge on any atom is 0.396 e. The summed E-state index contributed by atoms with van der Waals surface area (Å²) in [5, 5.41) is 9.88. The SMILES string of the molecule is CCOC(=O)c1nnc(C2CCCc3sccc32)o1. The number of esters is 1. The van der Waals surface area contributed by atoms with Crippen LogP contribution in [0.2, 0.25) is 0 Å². The van der Waals surface area contributed by atoms with E-state index in [1.54, 1.807) is 18.3 Å². The Labute approximate surface area is 114 Å². The molecule has 0 amide bonds. The van der Waals surface area contributed by atoms with E-state index in [4.69, 9.17) is 9.15 Å². The molecule has 0 bridgehead atoms. The van der Waals surface area contributed by atoms with E-state index in [0.29, 0.717) is 12.5 Å². The van der Waals surface area contributed by atoms with Crippen LogP contribution in [0.5, 0.6) is 0 Å². The molecule has 5 nitrogen and oxygen atoms in total. The predicted molar refractivity (Wildman–Crippen MR) is 69.4 cm³/mol. The highest BCUT2D eigenvalue weighted by Crippen LogP contribution is 2.38. The van der Waals surface area contributed by atoms with Crippen LogP contribution < -0.4 is 0 Å². The fourth-order valence-electron chi connectivity index (χ4n) is 2.39. The van der Waals surface area contributed by atoms with E-state index >= 15 is 0 Å². The minimum Gasteiger partial charge on any atom is -0.459 e. The Morgan fingerprint density at radius 3 is 3.32 bits per heavy atom. The number of aromatic nitrogens is 2. The summed E-state index contributed by atoms with van der Waals surface area (Å²) in [5.41, 5.74) is 1.26. The van der Waals surface area contributed by atoms with Crippen molar-refractivity contribution in [3.8, 4) is 0 Å². The standard InChI is InChI=1S/C13H14N2O3S/c1-2-17-13(16)12-15-14-11(18-12)9-4-3-5-10-8(9)6-7-19-10/h6-7,9H,2-5H2,1H3. The van der Waals surface area contributed by atoms with Crippen LogP contribution in [0.1, 0.15) is 52.7 Å². The first-order valence-corrected chi connectivity index (χ1v) is 7.24. The average molecular weight is 278 g/mol. The summed E-state index contributed by atoms with van der Waals surface area (Å²) in [5.74, 6) is 0.0230. The van der Waals surface area contributed by atoms with E-state index in [1.807, 2.05) is 0 Å². The second kappa shape index (κ2) is 5.13. The molecule has 100 valence electrons. The molecule has 1 aliphatic carbocycles. The molecule has 1 atom stereocenters. The van der Waals surface area contributed by atoms with E-state index in [2.05, 4.69) is 21.6 Å². The van der Waals surface area contributed by atoms with Crippen LogP contribution in [-0.2, 0) is 11.2 Å². The zero-order valence-electron chi connectivity index (χ0n) is 10.6. The molecular formula is C13H14N2O3S. The Kier molecular flexibility index (Phi) is 3.33. The molecule has 0 fully saturated rings. The van der Waals surface area contributed by atoms with Gasteiger partial charge in [0.05, 0.1) is 12.5 Å². The van der Waals surface area contributed by atoms with Gasteiger partial charge in [0.15, 0.2) is 0 Å². The molecule has 1 unspecified atom stereocenters. The molecule has 2 aromatic rings. The fourth-order valence-corrected chi connectivity index (χ4v) is 3.38. The van der Waals surface area contributed by atoms with Crippen molar-refractivity contribution in [1.29, 1.82) is 0 Å². The third kappa shape index (κ3) is 2.28. The smallest absolute Gasteiger partial charge is 0.396 e. The summed E-state index contributed by atoms with van der Waals surface area (Å²) < 4.78 is 10.3. The monoisotopic (exact) mass is 278 g/mol. The van der Waals surface area contributed by atoms with Gasteiger partial charge in [-0.1, -0.05) is 0 Å². The summed E-state index contributed by atoms with van der Waals surface area (Å²) in [7, 11) is 0. The number of rotatable bonds is 3. The minimum absolute atomic E-state index is 0.0563. The predicted octanol–water partition coefficient (Wildman–Crippen LogP) is 2.78. The number of hydrogen-bond acceptors (Lipinski definition) is 6. The number of hydrogen-bond donors (Lipinski definition) is 0. The molecule has 2 heterocycles. The first kappa shape index (κ1) is 12.3. The van der Waals surface area contributed by atoms with Gasteiger partial charge in [0.1, 0.15) is 0 Å². The van der Waals surface area contributed by atoms with Crippen LogP contribution in [0.4, 0.5) is 0 Å². The zero-order chi connectivity index (χ0) is 13.2. The van der Waals surface area contributed by atoms with E-state index in [-0.39, 0.29) is 11.8 Å². The van der Waals surface area contributed by atoms with E-state index in [0.717, 1.165) is 19.3 Å². The van der Waals surface area contributed by atoms with Gasteiger partial charge in [-0.2, -0.15) is 0 Å². The van der Waals surface area contributed by atoms with Gasteiger partial charge >= 0.3 is 11.9 Å². The Hall–Kier alpha value is -1.69. The van der Waals surface area contributed by atoms with Crippen LogP contribution in [0.3, 0.4) is 0 Å². The summed E-state index contributed by atoms with van der Waals surface area (Å²) in [6, 6.07) is 2.11. The van der Waals surface area contributed by atoms with Crippen molar-refractivity contribution in [1.82, 2.24) is 10.2 Å². The molecule has 6 heteroatoms. The number of ether oxygens (including phenoxy) is 1. The second-order valence-electron chi connectivity index (χ2n) is 4.41. The van der Waals surface area contributed by atoms with E-state index in [1.165, 1.54) is 10.4 Å². The Balaban J connectivity index is 1.87. The number of fused-ring (bicyclic) bond motifs is 1. The molecule has 0 N–H and O–H groups in total. The minimum atomic E-state index is -0.553. The molecule has 0 aliphatic heterocycles. The molecule has 0 aromatic carbocycles. The summed E-state index contributed by atoms with van der Waals surface area (Å²) in [6.45, 7) is 2.04. The van der Waals surface area contributed by atoms with Crippen LogP contribution in [0.15, 0.2) is 15.9 Å². The van der Waals surface area contributed by atoms with Gasteiger partial charge in [-0.15, -0.1) is 21.5 Å². The van der Waals surface area contributed by atoms with Crippen molar-refractivity contribution in [2.45, 2.75) is 32.1 Å². The lowest BCUT2D eigenvalue weighted by atomic mass is 9.88. The first-order chi connectivity index (χ1) is 9.29. The normalized spacial score (nSPS) is 18.1. The van der Waals surface area contributed by atoms with Crippen molar-refractivity contribution in [3.05, 3.63) is 33.7 Å². The quantitative estimate of drug-likeness (QED) is 0.808. The summed E-state index contributed by atoms with van der Waals surface area (Å²) >= 11 is 1.76. The third-order valence-corrected chi connectivity index (χ3v) is 4.24.